The van der Waals surface area contributed by atoms with E-state index < -0.39 is 5.97 Å². The molecule has 1 rings (SSSR count). The summed E-state index contributed by atoms with van der Waals surface area (Å²) in [5.74, 6) is -1.16. The topological polar surface area (TPSA) is 66.4 Å². The summed E-state index contributed by atoms with van der Waals surface area (Å²) in [7, 11) is 0. The fraction of sp³-hybridized carbons (Fsp3) is 0.429. The molecule has 0 fully saturated rings. The molecule has 2 atom stereocenters. The zero-order valence-electron chi connectivity index (χ0n) is 11.0. The van der Waals surface area contributed by atoms with Gasteiger partial charge in [0.1, 0.15) is 0 Å². The first-order valence-corrected chi connectivity index (χ1v) is 6.94. The first-order chi connectivity index (χ1) is 8.88. The van der Waals surface area contributed by atoms with Crippen LogP contribution in [0.15, 0.2) is 28.7 Å². The first kappa shape index (κ1) is 15.7. The van der Waals surface area contributed by atoms with Crippen molar-refractivity contribution in [1.29, 1.82) is 0 Å². The highest BCUT2D eigenvalue weighted by atomic mass is 79.9. The van der Waals surface area contributed by atoms with Gasteiger partial charge in [-0.3, -0.25) is 9.59 Å². The second kappa shape index (κ2) is 7.28. The average molecular weight is 328 g/mol. The smallest absolute Gasteiger partial charge is 0.303 e. The Hall–Kier alpha value is -1.36. The molecule has 0 saturated heterocycles. The molecule has 5 heteroatoms. The normalized spacial score (nSPS) is 13.6. The zero-order valence-corrected chi connectivity index (χ0v) is 12.6. The number of carbonyl (C=O) groups excluding carboxylic acids is 1. The number of hydrogen-bond acceptors (Lipinski definition) is 2. The van der Waals surface area contributed by atoms with Crippen LogP contribution in [0.25, 0.3) is 0 Å². The first-order valence-electron chi connectivity index (χ1n) is 6.15. The Morgan fingerprint density at radius 3 is 2.58 bits per heavy atom. The summed E-state index contributed by atoms with van der Waals surface area (Å²) >= 11 is 3.39. The molecule has 1 aromatic rings. The molecule has 0 aliphatic rings. The van der Waals surface area contributed by atoms with Crippen LogP contribution in [0.2, 0.25) is 0 Å². The number of carboxylic acid groups (broad SMARTS) is 1. The Morgan fingerprint density at radius 2 is 2.00 bits per heavy atom. The Kier molecular flexibility index (Phi) is 6.02. The number of nitrogens with one attached hydrogen (secondary N) is 1. The number of rotatable bonds is 6. The van der Waals surface area contributed by atoms with Crippen LogP contribution < -0.4 is 5.32 Å². The number of halogens is 1. The third-order valence-electron chi connectivity index (χ3n) is 2.78. The van der Waals surface area contributed by atoms with Crippen LogP contribution in [0.3, 0.4) is 0 Å². The van der Waals surface area contributed by atoms with Gasteiger partial charge in [-0.1, -0.05) is 35.0 Å². The standard InChI is InChI=1S/C14H18BrNO3/c1-9(7-14(18)19)6-13(17)16-10(2)11-4-3-5-12(15)8-11/h3-5,8-10H,6-7H2,1-2H3,(H,16,17)(H,18,19)/t9?,10-/m0/s1. The molecule has 0 heterocycles. The van der Waals surface area contributed by atoms with Crippen molar-refractivity contribution in [3.63, 3.8) is 0 Å². The summed E-state index contributed by atoms with van der Waals surface area (Å²) in [4.78, 5) is 22.3. The van der Waals surface area contributed by atoms with Crippen LogP contribution in [0.1, 0.15) is 38.3 Å². The largest absolute Gasteiger partial charge is 0.481 e. The van der Waals surface area contributed by atoms with Crippen molar-refractivity contribution < 1.29 is 14.7 Å². The molecule has 2 N–H and O–H groups in total. The van der Waals surface area contributed by atoms with Gasteiger partial charge in [-0.2, -0.15) is 0 Å². The van der Waals surface area contributed by atoms with Gasteiger partial charge < -0.3 is 10.4 Å². The number of benzene rings is 1. The van der Waals surface area contributed by atoms with Crippen LogP contribution in [-0.2, 0) is 9.59 Å². The van der Waals surface area contributed by atoms with Gasteiger partial charge in [-0.15, -0.1) is 0 Å². The zero-order chi connectivity index (χ0) is 14.4. The lowest BCUT2D eigenvalue weighted by molar-refractivity contribution is -0.138. The van der Waals surface area contributed by atoms with Crippen LogP contribution in [0, 0.1) is 5.92 Å². The molecular formula is C14H18BrNO3. The molecule has 0 saturated carbocycles. The van der Waals surface area contributed by atoms with E-state index in [0.717, 1.165) is 10.0 Å². The van der Waals surface area contributed by atoms with E-state index in [0.29, 0.717) is 0 Å². The summed E-state index contributed by atoms with van der Waals surface area (Å²) in [6, 6.07) is 7.63. The molecule has 0 aliphatic carbocycles. The van der Waals surface area contributed by atoms with E-state index in [1.807, 2.05) is 31.2 Å². The fourth-order valence-corrected chi connectivity index (χ4v) is 2.26. The van der Waals surface area contributed by atoms with Gasteiger partial charge in [0.15, 0.2) is 0 Å². The van der Waals surface area contributed by atoms with Crippen molar-refractivity contribution in [3.05, 3.63) is 34.3 Å². The molecule has 0 radical (unpaired) electrons. The van der Waals surface area contributed by atoms with E-state index in [1.165, 1.54) is 0 Å². The summed E-state index contributed by atoms with van der Waals surface area (Å²) in [5, 5.41) is 11.5. The van der Waals surface area contributed by atoms with E-state index in [9.17, 15) is 9.59 Å². The van der Waals surface area contributed by atoms with E-state index in [2.05, 4.69) is 21.2 Å². The molecule has 19 heavy (non-hydrogen) atoms. The minimum absolute atomic E-state index is 0.0126. The molecule has 0 aliphatic heterocycles. The molecular weight excluding hydrogens is 310 g/mol. The Bertz CT molecular complexity index is 462. The molecule has 4 nitrogen and oxygen atoms in total. The minimum atomic E-state index is -0.875. The predicted octanol–water partition coefficient (Wildman–Crippen LogP) is 3.13. The highest BCUT2D eigenvalue weighted by Crippen LogP contribution is 2.18. The second-order valence-electron chi connectivity index (χ2n) is 4.75. The number of carboxylic acids is 1. The predicted molar refractivity (Wildman–Crippen MR) is 76.7 cm³/mol. The molecule has 0 aromatic heterocycles. The Morgan fingerprint density at radius 1 is 1.32 bits per heavy atom. The van der Waals surface area contributed by atoms with Gasteiger partial charge in [0.2, 0.25) is 5.91 Å². The van der Waals surface area contributed by atoms with E-state index in [-0.39, 0.29) is 30.7 Å². The van der Waals surface area contributed by atoms with Gasteiger partial charge in [-0.25, -0.2) is 0 Å². The maximum atomic E-state index is 11.8. The summed E-state index contributed by atoms with van der Waals surface area (Å²) < 4.78 is 0.963. The fourth-order valence-electron chi connectivity index (χ4n) is 1.85. The molecule has 0 spiro atoms. The minimum Gasteiger partial charge on any atom is -0.481 e. The number of carbonyl (C=O) groups is 2. The lowest BCUT2D eigenvalue weighted by Gasteiger charge is -2.16. The maximum Gasteiger partial charge on any atom is 0.303 e. The Balaban J connectivity index is 2.50. The monoisotopic (exact) mass is 327 g/mol. The summed E-state index contributed by atoms with van der Waals surface area (Å²) in [6.07, 6.45) is 0.239. The van der Waals surface area contributed by atoms with Gasteiger partial charge in [0.05, 0.1) is 6.04 Å². The molecule has 1 aromatic carbocycles. The summed E-state index contributed by atoms with van der Waals surface area (Å²) in [5.41, 5.74) is 1.01. The lowest BCUT2D eigenvalue weighted by Crippen LogP contribution is -2.28. The third-order valence-corrected chi connectivity index (χ3v) is 3.28. The van der Waals surface area contributed by atoms with Crippen molar-refractivity contribution >= 4 is 27.8 Å². The van der Waals surface area contributed by atoms with Gasteiger partial charge in [0, 0.05) is 17.3 Å². The average Bonchev–Trinajstić information content (AvgIpc) is 2.27. The maximum absolute atomic E-state index is 11.8. The second-order valence-corrected chi connectivity index (χ2v) is 5.67. The third kappa shape index (κ3) is 5.87. The van der Waals surface area contributed by atoms with E-state index >= 15 is 0 Å². The lowest BCUT2D eigenvalue weighted by atomic mass is 10.0. The quantitative estimate of drug-likeness (QED) is 0.843. The molecule has 1 unspecified atom stereocenters. The highest BCUT2D eigenvalue weighted by molar-refractivity contribution is 9.10. The molecule has 0 bridgehead atoms. The molecule has 1 amide bonds. The summed E-state index contributed by atoms with van der Waals surface area (Å²) in [6.45, 7) is 3.67. The van der Waals surface area contributed by atoms with Crippen molar-refractivity contribution in [3.8, 4) is 0 Å². The molecule has 104 valence electrons. The van der Waals surface area contributed by atoms with Gasteiger partial charge >= 0.3 is 5.97 Å². The Labute approximate surface area is 121 Å². The SMILES string of the molecule is CC(CC(=O)O)CC(=O)N[C@@H](C)c1cccc(Br)c1. The van der Waals surface area contributed by atoms with E-state index in [4.69, 9.17) is 5.11 Å². The van der Waals surface area contributed by atoms with Crippen molar-refractivity contribution in [2.45, 2.75) is 32.7 Å². The van der Waals surface area contributed by atoms with Gasteiger partial charge in [-0.05, 0) is 30.5 Å². The van der Waals surface area contributed by atoms with E-state index in [1.54, 1.807) is 6.92 Å². The van der Waals surface area contributed by atoms with Crippen molar-refractivity contribution in [2.24, 2.45) is 5.92 Å². The number of aliphatic carboxylic acids is 1. The number of amides is 1. The number of hydrogen-bond donors (Lipinski definition) is 2. The van der Waals surface area contributed by atoms with Gasteiger partial charge in [0.25, 0.3) is 0 Å². The van der Waals surface area contributed by atoms with Crippen LogP contribution in [0.5, 0.6) is 0 Å². The van der Waals surface area contributed by atoms with Crippen molar-refractivity contribution in [2.75, 3.05) is 0 Å². The van der Waals surface area contributed by atoms with Crippen LogP contribution >= 0.6 is 15.9 Å². The highest BCUT2D eigenvalue weighted by Gasteiger charge is 2.15. The van der Waals surface area contributed by atoms with Crippen LogP contribution in [0.4, 0.5) is 0 Å². The van der Waals surface area contributed by atoms with Crippen LogP contribution in [-0.4, -0.2) is 17.0 Å². The van der Waals surface area contributed by atoms with Crippen molar-refractivity contribution in [1.82, 2.24) is 5.32 Å².